The van der Waals surface area contributed by atoms with Crippen molar-refractivity contribution in [3.8, 4) is 0 Å². The predicted molar refractivity (Wildman–Crippen MR) is 116 cm³/mol. The van der Waals surface area contributed by atoms with Crippen LogP contribution in [-0.2, 0) is 11.3 Å². The summed E-state index contributed by atoms with van der Waals surface area (Å²) in [4.78, 5) is 17.1. The molecular weight excluding hydrogens is 386 g/mol. The van der Waals surface area contributed by atoms with Gasteiger partial charge in [0.1, 0.15) is 0 Å². The van der Waals surface area contributed by atoms with Crippen LogP contribution in [0.25, 0.3) is 0 Å². The van der Waals surface area contributed by atoms with E-state index in [2.05, 4.69) is 37.4 Å². The molecule has 6 nitrogen and oxygen atoms in total. The second-order valence-corrected chi connectivity index (χ2v) is 8.34. The smallest absolute Gasteiger partial charge is 0.223 e. The summed E-state index contributed by atoms with van der Waals surface area (Å²) in [7, 11) is 0. The minimum Gasteiger partial charge on any atom is -0.355 e. The number of benzene rings is 1. The van der Waals surface area contributed by atoms with E-state index < -0.39 is 0 Å². The van der Waals surface area contributed by atoms with Gasteiger partial charge in [-0.3, -0.25) is 4.79 Å². The Morgan fingerprint density at radius 1 is 0.966 bits per heavy atom. The maximum atomic E-state index is 12.5. The molecule has 1 N–H and O–H groups in total. The second-order valence-electron chi connectivity index (χ2n) is 7.91. The molecule has 2 aromatic rings. The number of anilines is 2. The van der Waals surface area contributed by atoms with Crippen LogP contribution < -0.4 is 15.1 Å². The maximum absolute atomic E-state index is 12.5. The van der Waals surface area contributed by atoms with Gasteiger partial charge >= 0.3 is 0 Å². The van der Waals surface area contributed by atoms with Crippen molar-refractivity contribution in [2.24, 2.45) is 5.92 Å². The number of nitrogens with zero attached hydrogens (tertiary/aromatic N) is 4. The van der Waals surface area contributed by atoms with E-state index in [1.165, 1.54) is 19.3 Å². The summed E-state index contributed by atoms with van der Waals surface area (Å²) in [5.74, 6) is 2.05. The summed E-state index contributed by atoms with van der Waals surface area (Å²) in [6.07, 6.45) is 5.43. The number of hydrogen-bond acceptors (Lipinski definition) is 5. The lowest BCUT2D eigenvalue weighted by molar-refractivity contribution is -0.125. The van der Waals surface area contributed by atoms with Crippen LogP contribution in [0, 0.1) is 5.92 Å². The van der Waals surface area contributed by atoms with Crippen LogP contribution >= 0.6 is 11.6 Å². The average Bonchev–Trinajstić information content (AvgIpc) is 2.78. The summed E-state index contributed by atoms with van der Waals surface area (Å²) in [5.41, 5.74) is 1.02. The molecule has 0 saturated carbocycles. The lowest BCUT2D eigenvalue weighted by Gasteiger charge is -2.32. The molecule has 0 radical (unpaired) electrons. The quantitative estimate of drug-likeness (QED) is 0.810. The van der Waals surface area contributed by atoms with Crippen molar-refractivity contribution in [2.75, 3.05) is 36.0 Å². The Morgan fingerprint density at radius 2 is 1.62 bits per heavy atom. The zero-order chi connectivity index (χ0) is 20.1. The summed E-state index contributed by atoms with van der Waals surface area (Å²) in [6.45, 7) is 4.32. The lowest BCUT2D eigenvalue weighted by Crippen LogP contribution is -2.40. The molecule has 2 aliphatic rings. The zero-order valence-corrected chi connectivity index (χ0v) is 17.4. The Balaban J connectivity index is 1.26. The molecule has 1 aromatic heterocycles. The molecule has 0 aliphatic carbocycles. The number of aromatic nitrogens is 2. The molecule has 4 rings (SSSR count). The first-order chi connectivity index (χ1) is 14.2. The Bertz CT molecular complexity index is 814. The summed E-state index contributed by atoms with van der Waals surface area (Å²) >= 11 is 6.01. The highest BCUT2D eigenvalue weighted by molar-refractivity contribution is 6.30. The topological polar surface area (TPSA) is 61.4 Å². The van der Waals surface area contributed by atoms with Gasteiger partial charge < -0.3 is 15.1 Å². The third kappa shape index (κ3) is 5.18. The summed E-state index contributed by atoms with van der Waals surface area (Å²) in [5, 5.41) is 12.6. The van der Waals surface area contributed by atoms with Gasteiger partial charge in [0, 0.05) is 43.7 Å². The van der Waals surface area contributed by atoms with Crippen molar-refractivity contribution in [3.63, 3.8) is 0 Å². The van der Waals surface area contributed by atoms with E-state index in [1.807, 2.05) is 24.3 Å². The van der Waals surface area contributed by atoms with E-state index >= 15 is 0 Å². The van der Waals surface area contributed by atoms with Crippen molar-refractivity contribution >= 4 is 29.1 Å². The third-order valence-electron chi connectivity index (χ3n) is 5.86. The van der Waals surface area contributed by atoms with Gasteiger partial charge in [-0.05, 0) is 61.9 Å². The maximum Gasteiger partial charge on any atom is 0.223 e. The van der Waals surface area contributed by atoms with Crippen molar-refractivity contribution in [1.29, 1.82) is 0 Å². The highest BCUT2D eigenvalue weighted by atomic mass is 35.5. The predicted octanol–water partition coefficient (Wildman–Crippen LogP) is 3.65. The highest BCUT2D eigenvalue weighted by Crippen LogP contribution is 2.24. The van der Waals surface area contributed by atoms with Crippen molar-refractivity contribution in [2.45, 2.75) is 38.6 Å². The van der Waals surface area contributed by atoms with Gasteiger partial charge in [0.15, 0.2) is 11.6 Å². The van der Waals surface area contributed by atoms with Crippen LogP contribution in [0.1, 0.15) is 37.7 Å². The molecule has 2 aliphatic heterocycles. The number of nitrogens with one attached hydrogen (secondary N) is 1. The Kier molecular flexibility index (Phi) is 6.49. The van der Waals surface area contributed by atoms with E-state index in [9.17, 15) is 4.79 Å². The molecule has 7 heteroatoms. The molecule has 3 heterocycles. The van der Waals surface area contributed by atoms with E-state index in [0.717, 1.165) is 56.2 Å². The molecule has 2 saturated heterocycles. The first-order valence-corrected chi connectivity index (χ1v) is 10.9. The number of carbonyl (C=O) groups excluding carboxylic acids is 1. The van der Waals surface area contributed by atoms with Crippen molar-refractivity contribution in [1.82, 2.24) is 15.5 Å². The molecular formula is C22H28ClN5O. The average molecular weight is 414 g/mol. The van der Waals surface area contributed by atoms with Crippen LogP contribution in [0.15, 0.2) is 36.4 Å². The largest absolute Gasteiger partial charge is 0.355 e. The zero-order valence-electron chi connectivity index (χ0n) is 16.7. The summed E-state index contributed by atoms with van der Waals surface area (Å²) in [6, 6.07) is 11.7. The molecule has 0 atom stereocenters. The van der Waals surface area contributed by atoms with Gasteiger partial charge in [-0.15, -0.1) is 10.2 Å². The fourth-order valence-corrected chi connectivity index (χ4v) is 4.34. The molecule has 1 aromatic carbocycles. The van der Waals surface area contributed by atoms with Crippen LogP contribution in [-0.4, -0.2) is 42.3 Å². The minimum absolute atomic E-state index is 0.0472. The van der Waals surface area contributed by atoms with Gasteiger partial charge in [0.05, 0.1) is 0 Å². The van der Waals surface area contributed by atoms with E-state index in [4.69, 9.17) is 11.6 Å². The van der Waals surface area contributed by atoms with Gasteiger partial charge in [-0.1, -0.05) is 23.7 Å². The molecule has 154 valence electrons. The Hall–Kier alpha value is -2.34. The first-order valence-electron chi connectivity index (χ1n) is 10.5. The van der Waals surface area contributed by atoms with Gasteiger partial charge in [-0.25, -0.2) is 0 Å². The first kappa shape index (κ1) is 20.0. The van der Waals surface area contributed by atoms with E-state index in [1.54, 1.807) is 0 Å². The molecule has 29 heavy (non-hydrogen) atoms. The molecule has 0 unspecified atom stereocenters. The number of rotatable bonds is 5. The number of carbonyl (C=O) groups is 1. The van der Waals surface area contributed by atoms with Gasteiger partial charge in [-0.2, -0.15) is 0 Å². The Morgan fingerprint density at radius 3 is 2.24 bits per heavy atom. The van der Waals surface area contributed by atoms with Crippen molar-refractivity contribution in [3.05, 3.63) is 47.0 Å². The fraction of sp³-hybridized carbons (Fsp3) is 0.500. The minimum atomic E-state index is 0.0472. The Labute approximate surface area is 177 Å². The monoisotopic (exact) mass is 413 g/mol. The molecule has 1 amide bonds. The van der Waals surface area contributed by atoms with Crippen LogP contribution in [0.4, 0.5) is 11.6 Å². The van der Waals surface area contributed by atoms with Gasteiger partial charge in [0.25, 0.3) is 0 Å². The third-order valence-corrected chi connectivity index (χ3v) is 6.10. The second kappa shape index (κ2) is 9.44. The van der Waals surface area contributed by atoms with E-state index in [0.29, 0.717) is 11.6 Å². The molecule has 2 fully saturated rings. The summed E-state index contributed by atoms with van der Waals surface area (Å²) < 4.78 is 0. The lowest BCUT2D eigenvalue weighted by atomic mass is 9.96. The number of halogens is 1. The standard InChI is InChI=1S/C22H28ClN5O/c23-19-6-4-5-17(15-19)16-24-22(29)18-9-13-28(14-10-18)21-8-7-20(25-26-21)27-11-2-1-3-12-27/h4-8,15,18H,1-3,9-14,16H2,(H,24,29). The van der Waals surface area contributed by atoms with Crippen molar-refractivity contribution < 1.29 is 4.79 Å². The normalized spacial score (nSPS) is 18.0. The van der Waals surface area contributed by atoms with Gasteiger partial charge in [0.2, 0.25) is 5.91 Å². The van der Waals surface area contributed by atoms with E-state index in [-0.39, 0.29) is 11.8 Å². The van der Waals surface area contributed by atoms with Crippen LogP contribution in [0.5, 0.6) is 0 Å². The van der Waals surface area contributed by atoms with Crippen LogP contribution in [0.3, 0.4) is 0 Å². The van der Waals surface area contributed by atoms with Crippen LogP contribution in [0.2, 0.25) is 5.02 Å². The number of piperidine rings is 2. The highest BCUT2D eigenvalue weighted by Gasteiger charge is 2.25. The molecule has 0 spiro atoms. The fourth-order valence-electron chi connectivity index (χ4n) is 4.13. The SMILES string of the molecule is O=C(NCc1cccc(Cl)c1)C1CCN(c2ccc(N3CCCCC3)nn2)CC1. The number of amides is 1. The molecule has 0 bridgehead atoms. The number of hydrogen-bond donors (Lipinski definition) is 1.